The van der Waals surface area contributed by atoms with Crippen LogP contribution in [0.4, 0.5) is 0 Å². The zero-order valence-corrected chi connectivity index (χ0v) is 11.9. The number of aliphatic hydroxyl groups is 1. The van der Waals surface area contributed by atoms with Crippen LogP contribution in [-0.4, -0.2) is 23.3 Å². The molecule has 1 unspecified atom stereocenters. The topological polar surface area (TPSA) is 51.6 Å². The Morgan fingerprint density at radius 3 is 2.65 bits per heavy atom. The molecule has 1 aromatic carbocycles. The summed E-state index contributed by atoms with van der Waals surface area (Å²) in [7, 11) is 0. The third-order valence-electron chi connectivity index (χ3n) is 2.98. The largest absolute Gasteiger partial charge is 0.486 e. The van der Waals surface area contributed by atoms with E-state index in [0.717, 1.165) is 27.0 Å². The molecule has 5 heteroatoms. The summed E-state index contributed by atoms with van der Waals surface area (Å²) < 4.78 is 11.1. The second kappa shape index (κ2) is 5.73. The van der Waals surface area contributed by atoms with Gasteiger partial charge in [0.25, 0.3) is 0 Å². The molecule has 1 aliphatic heterocycles. The Bertz CT molecular complexity index is 599. The van der Waals surface area contributed by atoms with E-state index in [-0.39, 0.29) is 0 Å². The number of fused-ring (bicyclic) bond motifs is 1. The molecule has 2 heterocycles. The van der Waals surface area contributed by atoms with Crippen molar-refractivity contribution in [3.63, 3.8) is 0 Å². The molecule has 0 fully saturated rings. The van der Waals surface area contributed by atoms with Crippen LogP contribution in [0.1, 0.15) is 18.6 Å². The Balaban J connectivity index is 1.77. The summed E-state index contributed by atoms with van der Waals surface area (Å²) in [5.74, 6) is 1.57. The van der Waals surface area contributed by atoms with Gasteiger partial charge in [0.15, 0.2) is 11.5 Å². The van der Waals surface area contributed by atoms with Gasteiger partial charge in [0.2, 0.25) is 0 Å². The van der Waals surface area contributed by atoms with Crippen LogP contribution in [-0.2, 0) is 0 Å². The predicted molar refractivity (Wildman–Crippen MR) is 76.4 cm³/mol. The van der Waals surface area contributed by atoms with Gasteiger partial charge in [0.1, 0.15) is 18.2 Å². The molecule has 1 N–H and O–H groups in total. The van der Waals surface area contributed by atoms with E-state index in [1.54, 1.807) is 24.9 Å². The molecule has 0 saturated heterocycles. The highest BCUT2D eigenvalue weighted by Crippen LogP contribution is 2.36. The van der Waals surface area contributed by atoms with Gasteiger partial charge in [-0.05, 0) is 36.8 Å². The van der Waals surface area contributed by atoms with Gasteiger partial charge >= 0.3 is 0 Å². The van der Waals surface area contributed by atoms with Gasteiger partial charge in [0, 0.05) is 11.1 Å². The Kier molecular flexibility index (Phi) is 3.80. The minimum Gasteiger partial charge on any atom is -0.486 e. The van der Waals surface area contributed by atoms with Crippen molar-refractivity contribution >= 4 is 11.8 Å². The molecule has 0 saturated carbocycles. The first-order chi connectivity index (χ1) is 9.72. The van der Waals surface area contributed by atoms with Gasteiger partial charge in [-0.25, -0.2) is 4.98 Å². The number of rotatable bonds is 3. The Morgan fingerprint density at radius 2 is 1.95 bits per heavy atom. The summed E-state index contributed by atoms with van der Waals surface area (Å²) in [6.45, 7) is 2.91. The first-order valence-electron chi connectivity index (χ1n) is 6.44. The quantitative estimate of drug-likeness (QED) is 0.941. The lowest BCUT2D eigenvalue weighted by Gasteiger charge is -2.18. The average molecular weight is 289 g/mol. The summed E-state index contributed by atoms with van der Waals surface area (Å²) >= 11 is 1.55. The molecule has 0 aliphatic carbocycles. The standard InChI is InChI=1S/C15H15NO3S/c1-10(17)11-2-5-15(16-9-11)20-12-3-4-13-14(8-12)19-7-6-18-13/h2-5,8-10,17H,6-7H2,1H3. The minimum atomic E-state index is -0.490. The van der Waals surface area contributed by atoms with Crippen LogP contribution >= 0.6 is 11.8 Å². The van der Waals surface area contributed by atoms with E-state index in [1.807, 2.05) is 30.3 Å². The second-order valence-corrected chi connectivity index (χ2v) is 5.61. The molecule has 0 spiro atoms. The Labute approximate surface area is 121 Å². The van der Waals surface area contributed by atoms with Gasteiger partial charge in [-0.3, -0.25) is 0 Å². The highest BCUT2D eigenvalue weighted by Gasteiger charge is 2.12. The lowest BCUT2D eigenvalue weighted by molar-refractivity contribution is 0.171. The maximum Gasteiger partial charge on any atom is 0.162 e. The molecule has 104 valence electrons. The normalized spacial score (nSPS) is 14.9. The van der Waals surface area contributed by atoms with Crippen molar-refractivity contribution in [2.24, 2.45) is 0 Å². The van der Waals surface area contributed by atoms with E-state index >= 15 is 0 Å². The van der Waals surface area contributed by atoms with Crippen LogP contribution in [0.25, 0.3) is 0 Å². The first kappa shape index (κ1) is 13.3. The van der Waals surface area contributed by atoms with E-state index < -0.39 is 6.10 Å². The molecule has 4 nitrogen and oxygen atoms in total. The van der Waals surface area contributed by atoms with Crippen LogP contribution in [0, 0.1) is 0 Å². The fourth-order valence-corrected chi connectivity index (χ4v) is 2.69. The summed E-state index contributed by atoms with van der Waals surface area (Å²) in [4.78, 5) is 5.39. The molecular formula is C15H15NO3S. The number of benzene rings is 1. The molecule has 0 bridgehead atoms. The van der Waals surface area contributed by atoms with Crippen molar-refractivity contribution in [2.45, 2.75) is 22.9 Å². The number of hydrogen-bond acceptors (Lipinski definition) is 5. The Morgan fingerprint density at radius 1 is 1.15 bits per heavy atom. The van der Waals surface area contributed by atoms with E-state index in [9.17, 15) is 5.11 Å². The van der Waals surface area contributed by atoms with Gasteiger partial charge in [0.05, 0.1) is 6.10 Å². The molecule has 0 amide bonds. The Hall–Kier alpha value is -1.72. The smallest absolute Gasteiger partial charge is 0.162 e. The molecule has 0 radical (unpaired) electrons. The van der Waals surface area contributed by atoms with E-state index in [2.05, 4.69) is 4.98 Å². The number of nitrogens with zero attached hydrogens (tertiary/aromatic N) is 1. The molecular weight excluding hydrogens is 274 g/mol. The van der Waals surface area contributed by atoms with E-state index in [0.29, 0.717) is 13.2 Å². The van der Waals surface area contributed by atoms with Crippen LogP contribution in [0.5, 0.6) is 11.5 Å². The lowest BCUT2D eigenvalue weighted by Crippen LogP contribution is -2.15. The molecule has 1 atom stereocenters. The molecule has 1 aliphatic rings. The zero-order valence-electron chi connectivity index (χ0n) is 11.1. The average Bonchev–Trinajstić information content (AvgIpc) is 2.48. The number of pyridine rings is 1. The molecule has 1 aromatic heterocycles. The van der Waals surface area contributed by atoms with Gasteiger partial charge in [-0.1, -0.05) is 17.8 Å². The highest BCUT2D eigenvalue weighted by atomic mass is 32.2. The zero-order chi connectivity index (χ0) is 13.9. The maximum absolute atomic E-state index is 9.46. The fourth-order valence-electron chi connectivity index (χ4n) is 1.91. The molecule has 3 rings (SSSR count). The van der Waals surface area contributed by atoms with Crippen LogP contribution in [0.15, 0.2) is 46.5 Å². The van der Waals surface area contributed by atoms with Gasteiger partial charge in [-0.15, -0.1) is 0 Å². The molecule has 2 aromatic rings. The van der Waals surface area contributed by atoms with E-state index in [4.69, 9.17) is 9.47 Å². The van der Waals surface area contributed by atoms with Crippen molar-refractivity contribution in [1.82, 2.24) is 4.98 Å². The number of ether oxygens (including phenoxy) is 2. The third kappa shape index (κ3) is 2.89. The van der Waals surface area contributed by atoms with E-state index in [1.165, 1.54) is 0 Å². The number of aliphatic hydroxyl groups excluding tert-OH is 1. The van der Waals surface area contributed by atoms with Crippen molar-refractivity contribution in [3.8, 4) is 11.5 Å². The second-order valence-electron chi connectivity index (χ2n) is 4.51. The summed E-state index contributed by atoms with van der Waals surface area (Å²) in [6, 6.07) is 9.66. The maximum atomic E-state index is 9.46. The first-order valence-corrected chi connectivity index (χ1v) is 7.25. The SMILES string of the molecule is CC(O)c1ccc(Sc2ccc3c(c2)OCCO3)nc1. The molecule has 20 heavy (non-hydrogen) atoms. The van der Waals surface area contributed by atoms with Crippen molar-refractivity contribution in [2.75, 3.05) is 13.2 Å². The monoisotopic (exact) mass is 289 g/mol. The van der Waals surface area contributed by atoms with Crippen molar-refractivity contribution in [3.05, 3.63) is 42.1 Å². The fraction of sp³-hybridized carbons (Fsp3) is 0.267. The van der Waals surface area contributed by atoms with Crippen molar-refractivity contribution in [1.29, 1.82) is 0 Å². The summed E-state index contributed by atoms with van der Waals surface area (Å²) in [5, 5.41) is 10.3. The van der Waals surface area contributed by atoms with Crippen LogP contribution in [0.3, 0.4) is 0 Å². The predicted octanol–water partition coefficient (Wildman–Crippen LogP) is 3.06. The number of hydrogen-bond donors (Lipinski definition) is 1. The van der Waals surface area contributed by atoms with Gasteiger partial charge < -0.3 is 14.6 Å². The number of aromatic nitrogens is 1. The van der Waals surface area contributed by atoms with Crippen LogP contribution < -0.4 is 9.47 Å². The summed E-state index contributed by atoms with van der Waals surface area (Å²) in [6.07, 6.45) is 1.21. The van der Waals surface area contributed by atoms with Gasteiger partial charge in [-0.2, -0.15) is 0 Å². The summed E-state index contributed by atoms with van der Waals surface area (Å²) in [5.41, 5.74) is 0.816. The lowest BCUT2D eigenvalue weighted by atomic mass is 10.2. The van der Waals surface area contributed by atoms with Crippen molar-refractivity contribution < 1.29 is 14.6 Å². The highest BCUT2D eigenvalue weighted by molar-refractivity contribution is 7.99. The van der Waals surface area contributed by atoms with Crippen LogP contribution in [0.2, 0.25) is 0 Å². The third-order valence-corrected chi connectivity index (χ3v) is 3.92. The minimum absolute atomic E-state index is 0.490.